The highest BCUT2D eigenvalue weighted by atomic mass is 79.9. The molecule has 1 unspecified atom stereocenters. The molecule has 4 nitrogen and oxygen atoms in total. The van der Waals surface area contributed by atoms with Crippen LogP contribution in [0.15, 0.2) is 78.3 Å². The average molecular weight is 510 g/mol. The van der Waals surface area contributed by atoms with Gasteiger partial charge in [-0.25, -0.2) is 5.06 Å². The molecule has 2 aromatic rings. The first-order chi connectivity index (χ1) is 15.6. The first kappa shape index (κ1) is 25.1. The lowest BCUT2D eigenvalue weighted by Crippen LogP contribution is -3.00. The molecule has 2 aliphatic rings. The predicted molar refractivity (Wildman–Crippen MR) is 132 cm³/mol. The standard InChI is InChI=1S/C28H34N2O2.BrH/c1-5-6-18-29-26-10-8-7-9-24(26)25-17-19-30(32-20-21(2)3)27(28(25)29)16-13-22-11-14-23(31-4)15-12-22;/h7-17,19,21,25H,5-6,18,20H2,1-4H3;1H/p-1/b16-13+;. The van der Waals surface area contributed by atoms with Crippen molar-refractivity contribution in [2.75, 3.05) is 25.2 Å². The number of anilines is 1. The second-order valence-corrected chi connectivity index (χ2v) is 8.78. The van der Waals surface area contributed by atoms with Crippen LogP contribution >= 0.6 is 0 Å². The van der Waals surface area contributed by atoms with E-state index in [-0.39, 0.29) is 22.9 Å². The lowest BCUT2D eigenvalue weighted by molar-refractivity contribution is -0.102. The topological polar surface area (TPSA) is 24.9 Å². The second-order valence-electron chi connectivity index (χ2n) is 8.78. The van der Waals surface area contributed by atoms with E-state index in [2.05, 4.69) is 86.5 Å². The van der Waals surface area contributed by atoms with E-state index in [4.69, 9.17) is 9.57 Å². The van der Waals surface area contributed by atoms with Crippen molar-refractivity contribution in [2.45, 2.75) is 39.5 Å². The Kier molecular flexibility index (Phi) is 8.81. The first-order valence-corrected chi connectivity index (χ1v) is 11.7. The minimum atomic E-state index is 0. The van der Waals surface area contributed by atoms with Gasteiger partial charge in [0.15, 0.2) is 0 Å². The molecule has 1 atom stereocenters. The van der Waals surface area contributed by atoms with Crippen LogP contribution in [0.5, 0.6) is 5.75 Å². The van der Waals surface area contributed by atoms with Gasteiger partial charge in [-0.1, -0.05) is 69.7 Å². The molecule has 176 valence electrons. The van der Waals surface area contributed by atoms with Gasteiger partial charge in [-0.15, -0.1) is 0 Å². The highest BCUT2D eigenvalue weighted by molar-refractivity contribution is 5.72. The number of unbranched alkanes of at least 4 members (excludes halogenated alkanes) is 1. The minimum absolute atomic E-state index is 0. The van der Waals surface area contributed by atoms with Crippen molar-refractivity contribution >= 4 is 11.8 Å². The summed E-state index contributed by atoms with van der Waals surface area (Å²) in [5.74, 6) is 1.57. The molecule has 0 aromatic heterocycles. The van der Waals surface area contributed by atoms with Gasteiger partial charge in [-0.3, -0.25) is 4.84 Å². The number of benzene rings is 2. The summed E-state index contributed by atoms with van der Waals surface area (Å²) in [4.78, 5) is 8.72. The van der Waals surface area contributed by atoms with E-state index in [0.717, 1.165) is 36.4 Å². The smallest absolute Gasteiger partial charge is 0.118 e. The Morgan fingerprint density at radius 2 is 1.79 bits per heavy atom. The molecule has 2 aromatic carbocycles. The Morgan fingerprint density at radius 3 is 2.48 bits per heavy atom. The van der Waals surface area contributed by atoms with Crippen molar-refractivity contribution in [2.24, 2.45) is 5.92 Å². The van der Waals surface area contributed by atoms with Gasteiger partial charge >= 0.3 is 0 Å². The number of hydrogen-bond acceptors (Lipinski definition) is 4. The van der Waals surface area contributed by atoms with E-state index in [1.54, 1.807) is 7.11 Å². The van der Waals surface area contributed by atoms with E-state index in [1.807, 2.05) is 17.2 Å². The van der Waals surface area contributed by atoms with Crippen molar-refractivity contribution in [3.63, 3.8) is 0 Å². The fourth-order valence-electron chi connectivity index (χ4n) is 4.24. The van der Waals surface area contributed by atoms with Crippen LogP contribution in [0.4, 0.5) is 5.69 Å². The lowest BCUT2D eigenvalue weighted by atomic mass is 9.95. The van der Waals surface area contributed by atoms with Crippen LogP contribution in [0.3, 0.4) is 0 Å². The van der Waals surface area contributed by atoms with Crippen LogP contribution in [-0.4, -0.2) is 25.3 Å². The van der Waals surface area contributed by atoms with Crippen LogP contribution in [0.2, 0.25) is 0 Å². The van der Waals surface area contributed by atoms with Crippen molar-refractivity contribution in [1.82, 2.24) is 5.06 Å². The number of ether oxygens (including phenoxy) is 1. The molecule has 0 N–H and O–H groups in total. The molecule has 0 bridgehead atoms. The number of hydrogen-bond donors (Lipinski definition) is 0. The van der Waals surface area contributed by atoms with Gasteiger partial charge in [0.2, 0.25) is 0 Å². The Labute approximate surface area is 208 Å². The Balaban J connectivity index is 0.00000306. The molecule has 0 spiro atoms. The van der Waals surface area contributed by atoms with Crippen LogP contribution in [0.25, 0.3) is 6.08 Å². The van der Waals surface area contributed by atoms with Crippen molar-refractivity contribution in [3.05, 3.63) is 89.4 Å². The summed E-state index contributed by atoms with van der Waals surface area (Å²) in [7, 11) is 1.69. The van der Waals surface area contributed by atoms with Crippen LogP contribution in [0, 0.1) is 5.92 Å². The normalized spacial score (nSPS) is 16.9. The second kappa shape index (κ2) is 11.6. The van der Waals surface area contributed by atoms with E-state index < -0.39 is 0 Å². The maximum atomic E-state index is 6.23. The van der Waals surface area contributed by atoms with Gasteiger partial charge in [0.25, 0.3) is 0 Å². The van der Waals surface area contributed by atoms with Crippen LogP contribution in [0.1, 0.15) is 50.7 Å². The quantitative estimate of drug-likeness (QED) is 0.513. The Hall–Kier alpha value is -2.50. The summed E-state index contributed by atoms with van der Waals surface area (Å²) in [5, 5.41) is 1.96. The van der Waals surface area contributed by atoms with Crippen molar-refractivity contribution in [3.8, 4) is 5.75 Å². The van der Waals surface area contributed by atoms with E-state index in [0.29, 0.717) is 12.5 Å². The van der Waals surface area contributed by atoms with Crippen LogP contribution in [-0.2, 0) is 4.84 Å². The summed E-state index contributed by atoms with van der Waals surface area (Å²) in [5.41, 5.74) is 6.21. The number of para-hydroxylation sites is 1. The van der Waals surface area contributed by atoms with E-state index in [9.17, 15) is 0 Å². The number of allylic oxidation sites excluding steroid dienone is 2. The van der Waals surface area contributed by atoms with E-state index >= 15 is 0 Å². The van der Waals surface area contributed by atoms with Gasteiger partial charge in [0, 0.05) is 24.4 Å². The molecule has 33 heavy (non-hydrogen) atoms. The maximum absolute atomic E-state index is 6.23. The Bertz CT molecular complexity index is 1010. The number of nitrogens with zero attached hydrogens (tertiary/aromatic N) is 2. The monoisotopic (exact) mass is 509 g/mol. The zero-order valence-electron chi connectivity index (χ0n) is 20.0. The number of rotatable bonds is 9. The molecule has 0 fully saturated rings. The molecule has 0 saturated carbocycles. The molecule has 0 amide bonds. The third-order valence-corrected chi connectivity index (χ3v) is 5.89. The zero-order chi connectivity index (χ0) is 22.5. The van der Waals surface area contributed by atoms with Crippen LogP contribution < -0.4 is 26.6 Å². The average Bonchev–Trinajstić information content (AvgIpc) is 3.14. The molecular weight excluding hydrogens is 476 g/mol. The SMILES string of the molecule is CCCCN1C2=C(/C=C/c3ccc(OC)cc3)N(OCC(C)C)C=CC2c2ccccc21.[Br-]. The molecule has 0 aliphatic carbocycles. The number of halogens is 1. The van der Waals surface area contributed by atoms with Crippen molar-refractivity contribution < 1.29 is 26.6 Å². The number of methoxy groups -OCH3 is 1. The molecule has 0 radical (unpaired) electrons. The predicted octanol–water partition coefficient (Wildman–Crippen LogP) is 3.74. The van der Waals surface area contributed by atoms with Crippen molar-refractivity contribution in [1.29, 1.82) is 0 Å². The molecule has 2 aliphatic heterocycles. The lowest BCUT2D eigenvalue weighted by Gasteiger charge is -2.32. The fraction of sp³-hybridized carbons (Fsp3) is 0.357. The molecular formula is C28H34BrN2O2-. The largest absolute Gasteiger partial charge is 1.00 e. The fourth-order valence-corrected chi connectivity index (χ4v) is 4.24. The number of fused-ring (bicyclic) bond motifs is 3. The third kappa shape index (κ3) is 5.53. The zero-order valence-corrected chi connectivity index (χ0v) is 21.6. The van der Waals surface area contributed by atoms with Gasteiger partial charge in [0.05, 0.1) is 25.1 Å². The highest BCUT2D eigenvalue weighted by Gasteiger charge is 2.37. The molecule has 4 rings (SSSR count). The summed E-state index contributed by atoms with van der Waals surface area (Å²) >= 11 is 0. The van der Waals surface area contributed by atoms with Gasteiger partial charge < -0.3 is 26.6 Å². The van der Waals surface area contributed by atoms with Gasteiger partial charge in [-0.2, -0.15) is 0 Å². The van der Waals surface area contributed by atoms with E-state index in [1.165, 1.54) is 16.9 Å². The summed E-state index contributed by atoms with van der Waals surface area (Å²) in [6.07, 6.45) is 11.0. The third-order valence-electron chi connectivity index (χ3n) is 5.89. The Morgan fingerprint density at radius 1 is 1.03 bits per heavy atom. The summed E-state index contributed by atoms with van der Waals surface area (Å²) in [6, 6.07) is 16.9. The molecule has 0 saturated heterocycles. The summed E-state index contributed by atoms with van der Waals surface area (Å²) < 4.78 is 5.30. The van der Waals surface area contributed by atoms with Gasteiger partial charge in [-0.05, 0) is 47.7 Å². The first-order valence-electron chi connectivity index (χ1n) is 11.7. The van der Waals surface area contributed by atoms with Gasteiger partial charge in [0.1, 0.15) is 5.75 Å². The maximum Gasteiger partial charge on any atom is 0.118 e. The highest BCUT2D eigenvalue weighted by Crippen LogP contribution is 2.48. The molecule has 2 heterocycles. The minimum Gasteiger partial charge on any atom is -1.00 e. The summed E-state index contributed by atoms with van der Waals surface area (Å²) in [6.45, 7) is 8.28. The number of hydroxylamine groups is 2. The molecule has 5 heteroatoms.